The molecule has 1 amide bonds. The first-order valence-corrected chi connectivity index (χ1v) is 11.6. The molecular formula is C22H28FN3O3S. The largest absolute Gasteiger partial charge is 0.368 e. The minimum atomic E-state index is -3.63. The Kier molecular flexibility index (Phi) is 6.77. The lowest BCUT2D eigenvalue weighted by atomic mass is 10.1. The molecule has 6 nitrogen and oxygen atoms in total. The molecule has 1 fully saturated rings. The van der Waals surface area contributed by atoms with Gasteiger partial charge in [0.1, 0.15) is 5.82 Å². The first-order valence-electron chi connectivity index (χ1n) is 10.2. The Morgan fingerprint density at radius 1 is 1.00 bits per heavy atom. The molecule has 1 heterocycles. The number of hydrogen-bond donors (Lipinski definition) is 0. The molecule has 0 spiro atoms. The van der Waals surface area contributed by atoms with Gasteiger partial charge in [0, 0.05) is 50.5 Å². The summed E-state index contributed by atoms with van der Waals surface area (Å²) in [5, 5.41) is 0. The summed E-state index contributed by atoms with van der Waals surface area (Å²) in [4.78, 5) is 17.1. The smallest absolute Gasteiger partial charge is 0.254 e. The highest BCUT2D eigenvalue weighted by Crippen LogP contribution is 2.22. The Labute approximate surface area is 177 Å². The third-order valence-corrected chi connectivity index (χ3v) is 7.59. The van der Waals surface area contributed by atoms with Gasteiger partial charge in [-0.05, 0) is 48.9 Å². The van der Waals surface area contributed by atoms with Gasteiger partial charge in [-0.3, -0.25) is 4.79 Å². The van der Waals surface area contributed by atoms with Gasteiger partial charge in [0.25, 0.3) is 5.91 Å². The topological polar surface area (TPSA) is 60.9 Å². The number of carbonyl (C=O) groups excluding carboxylic acids is 1. The number of nitrogens with zero attached hydrogens (tertiary/aromatic N) is 3. The summed E-state index contributed by atoms with van der Waals surface area (Å²) in [6, 6.07) is 11.1. The maximum atomic E-state index is 13.1. The summed E-state index contributed by atoms with van der Waals surface area (Å²) in [6.45, 7) is 8.45. The van der Waals surface area contributed by atoms with Gasteiger partial charge >= 0.3 is 0 Å². The second-order valence-corrected chi connectivity index (χ2v) is 9.26. The molecule has 0 unspecified atom stereocenters. The number of aryl methyl sites for hydroxylation is 1. The predicted molar refractivity (Wildman–Crippen MR) is 116 cm³/mol. The summed E-state index contributed by atoms with van der Waals surface area (Å²) < 4.78 is 40.2. The number of benzene rings is 2. The highest BCUT2D eigenvalue weighted by Gasteiger charge is 2.27. The molecule has 1 saturated heterocycles. The highest BCUT2D eigenvalue weighted by atomic mass is 32.2. The summed E-state index contributed by atoms with van der Waals surface area (Å²) in [5.74, 6) is -0.439. The van der Waals surface area contributed by atoms with Crippen molar-refractivity contribution in [1.82, 2.24) is 9.21 Å². The average molecular weight is 434 g/mol. The molecule has 0 N–H and O–H groups in total. The Morgan fingerprint density at radius 3 is 2.17 bits per heavy atom. The van der Waals surface area contributed by atoms with Gasteiger partial charge in [0.05, 0.1) is 4.90 Å². The number of amides is 1. The van der Waals surface area contributed by atoms with Crippen LogP contribution in [0.3, 0.4) is 0 Å². The van der Waals surface area contributed by atoms with Crippen molar-refractivity contribution in [1.29, 1.82) is 0 Å². The van der Waals surface area contributed by atoms with Crippen LogP contribution in [-0.2, 0) is 10.0 Å². The van der Waals surface area contributed by atoms with Crippen molar-refractivity contribution in [2.75, 3.05) is 44.2 Å². The van der Waals surface area contributed by atoms with E-state index in [1.54, 1.807) is 43.0 Å². The molecule has 162 valence electrons. The quantitative estimate of drug-likeness (QED) is 0.702. The standard InChI is InChI=1S/C22H28FN3O3S/c1-4-26(5-2)30(28,29)20-11-6-17(3)21(16-20)22(27)25-14-12-24(13-15-25)19-9-7-18(23)8-10-19/h6-11,16H,4-5,12-15H2,1-3H3. The Bertz CT molecular complexity index is 997. The molecule has 30 heavy (non-hydrogen) atoms. The van der Waals surface area contributed by atoms with Gasteiger partial charge in [-0.2, -0.15) is 4.31 Å². The Hall–Kier alpha value is -2.45. The van der Waals surface area contributed by atoms with Crippen molar-refractivity contribution in [3.8, 4) is 0 Å². The van der Waals surface area contributed by atoms with Crippen molar-refractivity contribution < 1.29 is 17.6 Å². The van der Waals surface area contributed by atoms with Crippen LogP contribution in [0.25, 0.3) is 0 Å². The van der Waals surface area contributed by atoms with Crippen LogP contribution in [0.2, 0.25) is 0 Å². The molecule has 1 aliphatic rings. The second-order valence-electron chi connectivity index (χ2n) is 7.32. The number of halogens is 1. The average Bonchev–Trinajstić information content (AvgIpc) is 2.75. The third kappa shape index (κ3) is 4.49. The van der Waals surface area contributed by atoms with E-state index >= 15 is 0 Å². The predicted octanol–water partition coefficient (Wildman–Crippen LogP) is 3.13. The van der Waals surface area contributed by atoms with E-state index in [-0.39, 0.29) is 16.6 Å². The molecule has 2 aromatic rings. The molecule has 0 saturated carbocycles. The van der Waals surface area contributed by atoms with Crippen molar-refractivity contribution >= 4 is 21.6 Å². The van der Waals surface area contributed by atoms with Crippen LogP contribution in [0.1, 0.15) is 29.8 Å². The van der Waals surface area contributed by atoms with E-state index in [2.05, 4.69) is 4.90 Å². The SMILES string of the molecule is CCN(CC)S(=O)(=O)c1ccc(C)c(C(=O)N2CCN(c3ccc(F)cc3)CC2)c1. The summed E-state index contributed by atoms with van der Waals surface area (Å²) in [7, 11) is -3.63. The van der Waals surface area contributed by atoms with Gasteiger partial charge in [0.2, 0.25) is 10.0 Å². The fourth-order valence-corrected chi connectivity index (χ4v) is 5.18. The van der Waals surface area contributed by atoms with Crippen LogP contribution in [0.4, 0.5) is 10.1 Å². The first kappa shape index (κ1) is 22.2. The summed E-state index contributed by atoms with van der Waals surface area (Å²) in [5.41, 5.74) is 2.09. The van der Waals surface area contributed by atoms with Crippen LogP contribution in [0.5, 0.6) is 0 Å². The molecule has 3 rings (SSSR count). The van der Waals surface area contributed by atoms with Crippen LogP contribution in [0.15, 0.2) is 47.4 Å². The third-order valence-electron chi connectivity index (χ3n) is 5.54. The van der Waals surface area contributed by atoms with E-state index in [9.17, 15) is 17.6 Å². The molecule has 0 aromatic heterocycles. The van der Waals surface area contributed by atoms with E-state index in [1.807, 2.05) is 6.92 Å². The zero-order valence-electron chi connectivity index (χ0n) is 17.6. The lowest BCUT2D eigenvalue weighted by Gasteiger charge is -2.36. The second kappa shape index (κ2) is 9.14. The molecule has 8 heteroatoms. The summed E-state index contributed by atoms with van der Waals surface area (Å²) >= 11 is 0. The van der Waals surface area contributed by atoms with Crippen LogP contribution >= 0.6 is 0 Å². The lowest BCUT2D eigenvalue weighted by Crippen LogP contribution is -2.49. The molecule has 2 aromatic carbocycles. The molecule has 1 aliphatic heterocycles. The van der Waals surface area contributed by atoms with Crippen molar-refractivity contribution in [2.45, 2.75) is 25.7 Å². The number of hydrogen-bond acceptors (Lipinski definition) is 4. The Balaban J connectivity index is 1.76. The van der Waals surface area contributed by atoms with Gasteiger partial charge in [0.15, 0.2) is 0 Å². The normalized spacial score (nSPS) is 15.0. The maximum Gasteiger partial charge on any atom is 0.254 e. The molecule has 0 radical (unpaired) electrons. The van der Waals surface area contributed by atoms with Gasteiger partial charge in [-0.25, -0.2) is 12.8 Å². The summed E-state index contributed by atoms with van der Waals surface area (Å²) in [6.07, 6.45) is 0. The molecular weight excluding hydrogens is 405 g/mol. The lowest BCUT2D eigenvalue weighted by molar-refractivity contribution is 0.0746. The van der Waals surface area contributed by atoms with Crippen LogP contribution < -0.4 is 4.90 Å². The van der Waals surface area contributed by atoms with Crippen molar-refractivity contribution in [3.05, 3.63) is 59.4 Å². The number of carbonyl (C=O) groups is 1. The van der Waals surface area contributed by atoms with E-state index in [1.165, 1.54) is 22.5 Å². The van der Waals surface area contributed by atoms with E-state index in [0.29, 0.717) is 44.8 Å². The van der Waals surface area contributed by atoms with Gasteiger partial charge in [-0.1, -0.05) is 19.9 Å². The van der Waals surface area contributed by atoms with Crippen LogP contribution in [-0.4, -0.2) is 62.8 Å². The van der Waals surface area contributed by atoms with E-state index in [4.69, 9.17) is 0 Å². The minimum Gasteiger partial charge on any atom is -0.368 e. The highest BCUT2D eigenvalue weighted by molar-refractivity contribution is 7.89. The Morgan fingerprint density at radius 2 is 1.60 bits per heavy atom. The molecule has 0 bridgehead atoms. The molecule has 0 atom stereocenters. The number of piperazine rings is 1. The fraction of sp³-hybridized carbons (Fsp3) is 0.409. The van der Waals surface area contributed by atoms with Crippen molar-refractivity contribution in [3.63, 3.8) is 0 Å². The van der Waals surface area contributed by atoms with Gasteiger partial charge < -0.3 is 9.80 Å². The first-order chi connectivity index (χ1) is 14.3. The maximum absolute atomic E-state index is 13.1. The fourth-order valence-electron chi connectivity index (χ4n) is 3.69. The number of anilines is 1. The van der Waals surface area contributed by atoms with Crippen molar-refractivity contribution in [2.24, 2.45) is 0 Å². The van der Waals surface area contributed by atoms with Gasteiger partial charge in [-0.15, -0.1) is 0 Å². The van der Waals surface area contributed by atoms with E-state index in [0.717, 1.165) is 11.3 Å². The monoisotopic (exact) mass is 433 g/mol. The number of sulfonamides is 1. The molecule has 0 aliphatic carbocycles. The van der Waals surface area contributed by atoms with E-state index < -0.39 is 10.0 Å². The zero-order chi connectivity index (χ0) is 21.9. The number of rotatable bonds is 6. The zero-order valence-corrected chi connectivity index (χ0v) is 18.5. The van der Waals surface area contributed by atoms with Crippen LogP contribution in [0, 0.1) is 12.7 Å². The minimum absolute atomic E-state index is 0.144.